The molecule has 2 heterocycles. The van der Waals surface area contributed by atoms with Gasteiger partial charge in [0.1, 0.15) is 34.9 Å². The van der Waals surface area contributed by atoms with Gasteiger partial charge in [0.25, 0.3) is 0 Å². The normalized spacial score (nSPS) is 17.4. The van der Waals surface area contributed by atoms with Gasteiger partial charge in [-0.15, -0.1) is 11.3 Å². The molecule has 1 unspecified atom stereocenters. The van der Waals surface area contributed by atoms with Crippen LogP contribution in [0.4, 0.5) is 4.39 Å². The van der Waals surface area contributed by atoms with Crippen LogP contribution in [-0.2, 0) is 16.0 Å². The molecular formula is C30H26FNO5S. The molecule has 0 saturated heterocycles. The average molecular weight is 532 g/mol. The molecule has 6 nitrogen and oxygen atoms in total. The first-order chi connectivity index (χ1) is 18.5. The topological polar surface area (TPSA) is 66.9 Å². The van der Waals surface area contributed by atoms with Crippen LogP contribution in [0.1, 0.15) is 46.6 Å². The minimum absolute atomic E-state index is 0.0454. The molecule has 1 aliphatic carbocycles. The molecule has 4 aromatic rings. The summed E-state index contributed by atoms with van der Waals surface area (Å²) in [7, 11) is 1.38. The Balaban J connectivity index is 1.19. The first-order valence-electron chi connectivity index (χ1n) is 12.5. The molecule has 1 aromatic heterocycles. The van der Waals surface area contributed by atoms with E-state index >= 15 is 4.39 Å². The van der Waals surface area contributed by atoms with Gasteiger partial charge in [-0.05, 0) is 67.8 Å². The third kappa shape index (κ3) is 4.72. The van der Waals surface area contributed by atoms with Crippen molar-refractivity contribution in [3.63, 3.8) is 0 Å². The minimum Gasteiger partial charge on any atom is -0.492 e. The Morgan fingerprint density at radius 1 is 1.13 bits per heavy atom. The highest BCUT2D eigenvalue weighted by atomic mass is 32.1. The van der Waals surface area contributed by atoms with Crippen LogP contribution in [0.2, 0.25) is 0 Å². The Morgan fingerprint density at radius 2 is 1.95 bits per heavy atom. The number of thiazole rings is 1. The average Bonchev–Trinajstić information content (AvgIpc) is 3.65. The third-order valence-corrected chi connectivity index (χ3v) is 7.97. The van der Waals surface area contributed by atoms with Crippen LogP contribution in [0.3, 0.4) is 0 Å². The minimum atomic E-state index is -0.434. The van der Waals surface area contributed by atoms with Crippen molar-refractivity contribution in [2.45, 2.75) is 38.2 Å². The number of carbonyl (C=O) groups excluding carboxylic acids is 1. The molecule has 2 aliphatic rings. The first kappa shape index (κ1) is 24.4. The SMILES string of the molecule is COC(=O)CC1COc2cc(O[C@@H]3CCc4c(Oc5ccc(-c6cnc(C)s6)cc5)ccc(F)c43)ccc21. The monoisotopic (exact) mass is 531 g/mol. The fraction of sp³-hybridized carbons (Fsp3) is 0.267. The molecule has 2 atom stereocenters. The van der Waals surface area contributed by atoms with Gasteiger partial charge in [-0.2, -0.15) is 0 Å². The van der Waals surface area contributed by atoms with Gasteiger partial charge in [0.05, 0.1) is 30.0 Å². The standard InChI is InChI=1S/C30H26FNO5S/c1-17-32-15-28(38-17)18-3-5-20(6-4-18)36-25-12-10-24(31)30-23(25)9-11-26(30)37-21-7-8-22-19(13-29(33)34-2)16-35-27(22)14-21/h3-8,10,12,14-15,19,26H,9,11,13,16H2,1-2H3/t19?,26-/m1/s1. The third-order valence-electron chi connectivity index (χ3n) is 7.01. The fourth-order valence-corrected chi connectivity index (χ4v) is 5.90. The van der Waals surface area contributed by atoms with E-state index in [9.17, 15) is 4.79 Å². The van der Waals surface area contributed by atoms with E-state index in [0.29, 0.717) is 48.0 Å². The molecule has 194 valence electrons. The number of benzene rings is 3. The summed E-state index contributed by atoms with van der Waals surface area (Å²) in [5, 5.41) is 1.02. The summed E-state index contributed by atoms with van der Waals surface area (Å²) >= 11 is 1.65. The number of nitrogens with zero attached hydrogens (tertiary/aromatic N) is 1. The van der Waals surface area contributed by atoms with Crippen LogP contribution in [0.5, 0.6) is 23.0 Å². The lowest BCUT2D eigenvalue weighted by molar-refractivity contribution is -0.141. The number of fused-ring (bicyclic) bond motifs is 2. The number of hydrogen-bond acceptors (Lipinski definition) is 7. The summed E-state index contributed by atoms with van der Waals surface area (Å²) in [6.45, 7) is 2.40. The van der Waals surface area contributed by atoms with Crippen molar-refractivity contribution in [2.24, 2.45) is 0 Å². The van der Waals surface area contributed by atoms with Crippen LogP contribution in [0.25, 0.3) is 10.4 Å². The zero-order valence-corrected chi connectivity index (χ0v) is 21.8. The summed E-state index contributed by atoms with van der Waals surface area (Å²) in [4.78, 5) is 17.1. The van der Waals surface area contributed by atoms with Gasteiger partial charge >= 0.3 is 5.97 Å². The van der Waals surface area contributed by atoms with Gasteiger partial charge in [0.15, 0.2) is 0 Å². The molecule has 0 bridgehead atoms. The largest absolute Gasteiger partial charge is 0.492 e. The van der Waals surface area contributed by atoms with E-state index in [2.05, 4.69) is 4.98 Å². The van der Waals surface area contributed by atoms with Gasteiger partial charge in [0.2, 0.25) is 0 Å². The van der Waals surface area contributed by atoms with Gasteiger partial charge in [-0.3, -0.25) is 4.79 Å². The molecule has 8 heteroatoms. The molecule has 1 aliphatic heterocycles. The predicted molar refractivity (Wildman–Crippen MR) is 142 cm³/mol. The number of halogens is 1. The van der Waals surface area contributed by atoms with E-state index in [4.69, 9.17) is 18.9 Å². The fourth-order valence-electron chi connectivity index (χ4n) is 5.11. The second-order valence-corrected chi connectivity index (χ2v) is 10.7. The number of esters is 1. The molecule has 38 heavy (non-hydrogen) atoms. The van der Waals surface area contributed by atoms with E-state index in [-0.39, 0.29) is 24.1 Å². The van der Waals surface area contributed by atoms with Crippen molar-refractivity contribution in [3.05, 3.63) is 88.3 Å². The first-order valence-corrected chi connectivity index (χ1v) is 13.3. The lowest BCUT2D eigenvalue weighted by Gasteiger charge is -2.17. The molecule has 6 rings (SSSR count). The molecular weight excluding hydrogens is 505 g/mol. The highest BCUT2D eigenvalue weighted by molar-refractivity contribution is 7.15. The van der Waals surface area contributed by atoms with Gasteiger partial charge in [-0.25, -0.2) is 9.37 Å². The van der Waals surface area contributed by atoms with Crippen LogP contribution >= 0.6 is 11.3 Å². The summed E-state index contributed by atoms with van der Waals surface area (Å²) in [5.74, 6) is 1.98. The number of methoxy groups -OCH3 is 1. The summed E-state index contributed by atoms with van der Waals surface area (Å²) in [6, 6.07) is 16.5. The molecule has 3 aromatic carbocycles. The summed E-state index contributed by atoms with van der Waals surface area (Å²) in [6.07, 6.45) is 2.99. The van der Waals surface area contributed by atoms with Gasteiger partial charge in [-0.1, -0.05) is 6.07 Å². The zero-order chi connectivity index (χ0) is 26.2. The number of carbonyl (C=O) groups is 1. The maximum atomic E-state index is 15.0. The smallest absolute Gasteiger partial charge is 0.306 e. The lowest BCUT2D eigenvalue weighted by atomic mass is 9.98. The number of hydrogen-bond donors (Lipinski definition) is 0. The molecule has 0 radical (unpaired) electrons. The molecule has 0 amide bonds. The lowest BCUT2D eigenvalue weighted by Crippen LogP contribution is -2.09. The Bertz CT molecular complexity index is 1500. The molecule has 0 saturated carbocycles. The van der Waals surface area contributed by atoms with Crippen molar-refractivity contribution in [1.29, 1.82) is 0 Å². The molecule has 0 N–H and O–H groups in total. The van der Waals surface area contributed by atoms with E-state index in [0.717, 1.165) is 26.6 Å². The molecule has 0 spiro atoms. The quantitative estimate of drug-likeness (QED) is 0.236. The number of ether oxygens (including phenoxy) is 4. The van der Waals surface area contributed by atoms with Crippen LogP contribution in [-0.4, -0.2) is 24.7 Å². The summed E-state index contributed by atoms with van der Waals surface area (Å²) < 4.78 is 38.0. The highest BCUT2D eigenvalue weighted by Gasteiger charge is 2.32. The van der Waals surface area contributed by atoms with E-state index in [1.807, 2.05) is 55.6 Å². The van der Waals surface area contributed by atoms with Crippen LogP contribution in [0.15, 0.2) is 60.8 Å². The maximum Gasteiger partial charge on any atom is 0.306 e. The number of aryl methyl sites for hydroxylation is 1. The number of rotatable bonds is 7. The predicted octanol–water partition coefficient (Wildman–Crippen LogP) is 7.16. The molecule has 0 fully saturated rings. The summed E-state index contributed by atoms with van der Waals surface area (Å²) in [5.41, 5.74) is 3.39. The van der Waals surface area contributed by atoms with Gasteiger partial charge in [0, 0.05) is 34.9 Å². The van der Waals surface area contributed by atoms with E-state index < -0.39 is 6.10 Å². The van der Waals surface area contributed by atoms with Crippen LogP contribution in [0, 0.1) is 12.7 Å². The van der Waals surface area contributed by atoms with Gasteiger partial charge < -0.3 is 18.9 Å². The van der Waals surface area contributed by atoms with Crippen molar-refractivity contribution in [2.75, 3.05) is 13.7 Å². The van der Waals surface area contributed by atoms with E-state index in [1.54, 1.807) is 17.4 Å². The Hall–Kier alpha value is -3.91. The Morgan fingerprint density at radius 3 is 2.71 bits per heavy atom. The Kier molecular flexibility index (Phi) is 6.49. The Labute approximate surface area is 224 Å². The highest BCUT2D eigenvalue weighted by Crippen LogP contribution is 2.44. The van der Waals surface area contributed by atoms with Crippen molar-refractivity contribution >= 4 is 17.3 Å². The van der Waals surface area contributed by atoms with E-state index in [1.165, 1.54) is 13.2 Å². The van der Waals surface area contributed by atoms with Crippen molar-refractivity contribution < 1.29 is 28.1 Å². The second kappa shape index (κ2) is 10.1. The number of aromatic nitrogens is 1. The van der Waals surface area contributed by atoms with Crippen LogP contribution < -0.4 is 14.2 Å². The second-order valence-electron chi connectivity index (χ2n) is 9.44. The van der Waals surface area contributed by atoms with Crippen molar-refractivity contribution in [1.82, 2.24) is 4.98 Å². The maximum absolute atomic E-state index is 15.0. The van der Waals surface area contributed by atoms with Crippen molar-refractivity contribution in [3.8, 4) is 33.4 Å². The zero-order valence-electron chi connectivity index (χ0n) is 21.0.